The van der Waals surface area contributed by atoms with Gasteiger partial charge in [0, 0.05) is 0 Å². The molecule has 1 rings (SSSR count). The Morgan fingerprint density at radius 3 is 2.59 bits per heavy atom. The minimum Gasteiger partial charge on any atom is -0.0996 e. The summed E-state index contributed by atoms with van der Waals surface area (Å²) in [5.41, 5.74) is 1.99. The van der Waals surface area contributed by atoms with Crippen LogP contribution in [0.15, 0.2) is 36.5 Å². The summed E-state index contributed by atoms with van der Waals surface area (Å²) in [6, 6.07) is 0. The van der Waals surface area contributed by atoms with Crippen LogP contribution in [0.5, 0.6) is 0 Å². The Hall–Kier alpha value is -0.780. The van der Waals surface area contributed by atoms with Gasteiger partial charge in [0.05, 0.1) is 0 Å². The predicted molar refractivity (Wildman–Crippen MR) is 101 cm³/mol. The van der Waals surface area contributed by atoms with Crippen LogP contribution in [0, 0.1) is 23.2 Å². The predicted octanol–water partition coefficient (Wildman–Crippen LogP) is 7.33. The number of unbranched alkanes of at least 4 members (excludes halogenated alkanes) is 1. The lowest BCUT2D eigenvalue weighted by Crippen LogP contribution is -2.42. The van der Waals surface area contributed by atoms with E-state index in [0.717, 1.165) is 5.92 Å². The molecule has 0 bridgehead atoms. The van der Waals surface area contributed by atoms with Crippen molar-refractivity contribution in [3.8, 4) is 0 Å². The molecule has 0 aromatic rings. The zero-order chi connectivity index (χ0) is 16.6. The van der Waals surface area contributed by atoms with E-state index in [0.29, 0.717) is 17.3 Å². The van der Waals surface area contributed by atoms with E-state index in [1.54, 1.807) is 0 Å². The SMILES string of the molecule is C=C(CCC1CCC1(C)C(C)C=CC=CC)C(C)CCCC. The first-order chi connectivity index (χ1) is 10.5. The van der Waals surface area contributed by atoms with Crippen molar-refractivity contribution in [3.05, 3.63) is 36.5 Å². The normalized spacial score (nSPS) is 28.0. The Morgan fingerprint density at radius 1 is 1.32 bits per heavy atom. The minimum absolute atomic E-state index is 0.505. The van der Waals surface area contributed by atoms with Gasteiger partial charge in [-0.25, -0.2) is 0 Å². The topological polar surface area (TPSA) is 0 Å². The van der Waals surface area contributed by atoms with Gasteiger partial charge in [0.1, 0.15) is 0 Å². The van der Waals surface area contributed by atoms with E-state index in [1.165, 1.54) is 50.5 Å². The number of hydrogen-bond donors (Lipinski definition) is 0. The molecule has 22 heavy (non-hydrogen) atoms. The molecule has 0 aromatic heterocycles. The minimum atomic E-state index is 0.505. The largest absolute Gasteiger partial charge is 0.0996 e. The average Bonchev–Trinajstić information content (AvgIpc) is 2.50. The molecule has 0 saturated heterocycles. The fraction of sp³-hybridized carbons (Fsp3) is 0.727. The van der Waals surface area contributed by atoms with Gasteiger partial charge in [0.2, 0.25) is 0 Å². The smallest absolute Gasteiger partial charge is 0.0202 e. The lowest BCUT2D eigenvalue weighted by Gasteiger charge is -2.51. The first-order valence-electron chi connectivity index (χ1n) is 9.42. The molecule has 0 amide bonds. The molecule has 0 heterocycles. The highest BCUT2D eigenvalue weighted by atomic mass is 14.5. The summed E-state index contributed by atoms with van der Waals surface area (Å²) in [5, 5.41) is 0. The van der Waals surface area contributed by atoms with E-state index >= 15 is 0 Å². The zero-order valence-electron chi connectivity index (χ0n) is 15.7. The van der Waals surface area contributed by atoms with Gasteiger partial charge < -0.3 is 0 Å². The lowest BCUT2D eigenvalue weighted by atomic mass is 9.54. The Morgan fingerprint density at radius 2 is 2.05 bits per heavy atom. The second kappa shape index (κ2) is 9.38. The van der Waals surface area contributed by atoms with Gasteiger partial charge in [-0.2, -0.15) is 0 Å². The second-order valence-corrected chi connectivity index (χ2v) is 7.68. The number of rotatable bonds is 10. The van der Waals surface area contributed by atoms with Crippen LogP contribution in [0.2, 0.25) is 0 Å². The van der Waals surface area contributed by atoms with Crippen molar-refractivity contribution in [2.24, 2.45) is 23.2 Å². The van der Waals surface area contributed by atoms with Crippen LogP contribution in [-0.4, -0.2) is 0 Å². The fourth-order valence-electron chi connectivity index (χ4n) is 3.76. The summed E-state index contributed by atoms with van der Waals surface area (Å²) in [6.07, 6.45) is 18.2. The van der Waals surface area contributed by atoms with E-state index in [9.17, 15) is 0 Å². The summed E-state index contributed by atoms with van der Waals surface area (Å²) in [7, 11) is 0. The Balaban J connectivity index is 2.44. The monoisotopic (exact) mass is 302 g/mol. The van der Waals surface area contributed by atoms with Crippen molar-refractivity contribution in [1.29, 1.82) is 0 Å². The maximum Gasteiger partial charge on any atom is -0.0202 e. The van der Waals surface area contributed by atoms with E-state index in [4.69, 9.17) is 0 Å². The lowest BCUT2D eigenvalue weighted by molar-refractivity contribution is 0.00656. The fourth-order valence-corrected chi connectivity index (χ4v) is 3.76. The van der Waals surface area contributed by atoms with Crippen LogP contribution >= 0.6 is 0 Å². The molecule has 4 atom stereocenters. The van der Waals surface area contributed by atoms with Crippen molar-refractivity contribution >= 4 is 0 Å². The summed E-state index contributed by atoms with van der Waals surface area (Å²) >= 11 is 0. The molecule has 0 N–H and O–H groups in total. The summed E-state index contributed by atoms with van der Waals surface area (Å²) in [6.45, 7) is 16.0. The van der Waals surface area contributed by atoms with Crippen molar-refractivity contribution in [3.63, 3.8) is 0 Å². The van der Waals surface area contributed by atoms with Gasteiger partial charge in [-0.15, -0.1) is 0 Å². The van der Waals surface area contributed by atoms with Crippen LogP contribution in [0.3, 0.4) is 0 Å². The van der Waals surface area contributed by atoms with E-state index in [1.807, 2.05) is 0 Å². The van der Waals surface area contributed by atoms with E-state index in [2.05, 4.69) is 65.5 Å². The van der Waals surface area contributed by atoms with Gasteiger partial charge >= 0.3 is 0 Å². The van der Waals surface area contributed by atoms with E-state index in [-0.39, 0.29) is 0 Å². The molecule has 1 saturated carbocycles. The van der Waals surface area contributed by atoms with Crippen LogP contribution in [-0.2, 0) is 0 Å². The molecule has 0 spiro atoms. The average molecular weight is 303 g/mol. The third kappa shape index (κ3) is 5.14. The zero-order valence-corrected chi connectivity index (χ0v) is 15.7. The molecule has 1 fully saturated rings. The number of allylic oxidation sites excluding steroid dienone is 5. The third-order valence-electron chi connectivity index (χ3n) is 6.21. The Labute approximate surface area is 139 Å². The molecule has 1 aliphatic rings. The van der Waals surface area contributed by atoms with Crippen molar-refractivity contribution in [2.75, 3.05) is 0 Å². The second-order valence-electron chi connectivity index (χ2n) is 7.68. The Kier molecular flexibility index (Phi) is 8.21. The van der Waals surface area contributed by atoms with Gasteiger partial charge in [-0.05, 0) is 62.2 Å². The molecule has 0 aliphatic heterocycles. The van der Waals surface area contributed by atoms with Gasteiger partial charge in [-0.1, -0.05) is 77.0 Å². The third-order valence-corrected chi connectivity index (χ3v) is 6.21. The molecule has 0 heteroatoms. The van der Waals surface area contributed by atoms with E-state index < -0.39 is 0 Å². The maximum atomic E-state index is 4.37. The van der Waals surface area contributed by atoms with Gasteiger partial charge in [-0.3, -0.25) is 0 Å². The summed E-state index contributed by atoms with van der Waals surface area (Å²) in [4.78, 5) is 0. The molecule has 0 radical (unpaired) electrons. The molecule has 0 nitrogen and oxygen atoms in total. The highest BCUT2D eigenvalue weighted by Gasteiger charge is 2.44. The molecule has 4 unspecified atom stereocenters. The molecular formula is C22H38. The summed E-state index contributed by atoms with van der Waals surface area (Å²) in [5.74, 6) is 2.26. The van der Waals surface area contributed by atoms with Crippen molar-refractivity contribution in [1.82, 2.24) is 0 Å². The standard InChI is InChI=1S/C22H38/c1-7-9-11-13-20(5)22(6)17-16-21(22)15-14-19(4)18(3)12-10-8-2/h7,9,11,13,18,20-21H,4,8,10,12,14-17H2,1-3,5-6H3. The van der Waals surface area contributed by atoms with Crippen LogP contribution in [0.25, 0.3) is 0 Å². The highest BCUT2D eigenvalue weighted by Crippen LogP contribution is 2.54. The van der Waals surface area contributed by atoms with Crippen molar-refractivity contribution in [2.45, 2.75) is 79.6 Å². The quantitative estimate of drug-likeness (QED) is 0.292. The van der Waals surface area contributed by atoms with Crippen LogP contribution in [0.4, 0.5) is 0 Å². The molecule has 1 aliphatic carbocycles. The maximum absolute atomic E-state index is 4.37. The summed E-state index contributed by atoms with van der Waals surface area (Å²) < 4.78 is 0. The first-order valence-corrected chi connectivity index (χ1v) is 9.42. The molecule has 0 aromatic carbocycles. The first kappa shape index (κ1) is 19.3. The molecular weight excluding hydrogens is 264 g/mol. The Bertz CT molecular complexity index is 387. The molecule has 126 valence electrons. The van der Waals surface area contributed by atoms with Crippen molar-refractivity contribution < 1.29 is 0 Å². The van der Waals surface area contributed by atoms with Gasteiger partial charge in [0.25, 0.3) is 0 Å². The highest BCUT2D eigenvalue weighted by molar-refractivity contribution is 5.09. The number of hydrogen-bond acceptors (Lipinski definition) is 0. The van der Waals surface area contributed by atoms with Crippen LogP contribution < -0.4 is 0 Å². The van der Waals surface area contributed by atoms with Crippen LogP contribution in [0.1, 0.15) is 79.6 Å². The van der Waals surface area contributed by atoms with Gasteiger partial charge in [0.15, 0.2) is 0 Å².